The van der Waals surface area contributed by atoms with Gasteiger partial charge in [-0.1, -0.05) is 23.8 Å². The Balaban J connectivity index is 1.53. The van der Waals surface area contributed by atoms with Crippen molar-refractivity contribution < 1.29 is 19.1 Å². The van der Waals surface area contributed by atoms with E-state index < -0.39 is 6.04 Å². The lowest BCUT2D eigenvalue weighted by Gasteiger charge is -2.14. The molecule has 2 N–H and O–H groups in total. The van der Waals surface area contributed by atoms with Gasteiger partial charge in [-0.15, -0.1) is 0 Å². The predicted octanol–water partition coefficient (Wildman–Crippen LogP) is 2.16. The topological polar surface area (TPSA) is 76.7 Å². The molecule has 1 aliphatic heterocycles. The predicted molar refractivity (Wildman–Crippen MR) is 92.5 cm³/mol. The first kappa shape index (κ1) is 16.8. The van der Waals surface area contributed by atoms with Gasteiger partial charge >= 0.3 is 0 Å². The maximum Gasteiger partial charge on any atom is 0.251 e. The molecule has 1 atom stereocenters. The summed E-state index contributed by atoms with van der Waals surface area (Å²) >= 11 is 0. The summed E-state index contributed by atoms with van der Waals surface area (Å²) in [6.07, 6.45) is 0. The minimum absolute atomic E-state index is 0.215. The smallest absolute Gasteiger partial charge is 0.251 e. The highest BCUT2D eigenvalue weighted by Crippen LogP contribution is 2.32. The van der Waals surface area contributed by atoms with E-state index in [1.165, 1.54) is 0 Å². The quantitative estimate of drug-likeness (QED) is 0.874. The molecule has 0 radical (unpaired) electrons. The van der Waals surface area contributed by atoms with Crippen LogP contribution in [-0.2, 0) is 11.3 Å². The van der Waals surface area contributed by atoms with Gasteiger partial charge in [0.1, 0.15) is 6.04 Å². The highest BCUT2D eigenvalue weighted by molar-refractivity contribution is 5.97. The third kappa shape index (κ3) is 4.09. The molecule has 6 nitrogen and oxygen atoms in total. The van der Waals surface area contributed by atoms with Gasteiger partial charge in [-0.3, -0.25) is 9.59 Å². The summed E-state index contributed by atoms with van der Waals surface area (Å²) in [5.41, 5.74) is 2.43. The minimum atomic E-state index is -0.637. The number of rotatable bonds is 5. The van der Waals surface area contributed by atoms with Crippen LogP contribution < -0.4 is 20.1 Å². The van der Waals surface area contributed by atoms with E-state index in [0.29, 0.717) is 23.6 Å². The normalized spacial score (nSPS) is 13.2. The molecule has 25 heavy (non-hydrogen) atoms. The number of aryl methyl sites for hydroxylation is 1. The monoisotopic (exact) mass is 340 g/mol. The van der Waals surface area contributed by atoms with Crippen LogP contribution in [0.2, 0.25) is 0 Å². The van der Waals surface area contributed by atoms with E-state index in [-0.39, 0.29) is 18.6 Å². The number of fused-ring (bicyclic) bond motifs is 1. The largest absolute Gasteiger partial charge is 0.454 e. The van der Waals surface area contributed by atoms with Crippen LogP contribution in [0.5, 0.6) is 11.5 Å². The lowest BCUT2D eigenvalue weighted by Crippen LogP contribution is -2.44. The van der Waals surface area contributed by atoms with E-state index in [1.807, 2.05) is 37.3 Å². The van der Waals surface area contributed by atoms with Crippen LogP contribution in [0.25, 0.3) is 0 Å². The molecule has 6 heteroatoms. The van der Waals surface area contributed by atoms with Crippen molar-refractivity contribution >= 4 is 11.8 Å². The van der Waals surface area contributed by atoms with Crippen molar-refractivity contribution in [1.29, 1.82) is 0 Å². The lowest BCUT2D eigenvalue weighted by atomic mass is 10.1. The van der Waals surface area contributed by atoms with E-state index in [0.717, 1.165) is 11.1 Å². The Morgan fingerprint density at radius 3 is 2.72 bits per heavy atom. The molecular formula is C19H20N2O4. The molecule has 0 fully saturated rings. The minimum Gasteiger partial charge on any atom is -0.454 e. The molecule has 0 spiro atoms. The molecule has 0 saturated carbocycles. The first-order valence-electron chi connectivity index (χ1n) is 8.07. The fraction of sp³-hybridized carbons (Fsp3) is 0.263. The van der Waals surface area contributed by atoms with Crippen LogP contribution >= 0.6 is 0 Å². The van der Waals surface area contributed by atoms with Crippen LogP contribution in [0.1, 0.15) is 28.4 Å². The van der Waals surface area contributed by atoms with Gasteiger partial charge in [0.2, 0.25) is 12.7 Å². The Hall–Kier alpha value is -3.02. The fourth-order valence-electron chi connectivity index (χ4n) is 2.53. The van der Waals surface area contributed by atoms with Crippen LogP contribution in [0, 0.1) is 6.92 Å². The number of carbonyl (C=O) groups excluding carboxylic acids is 2. The Morgan fingerprint density at radius 1 is 1.12 bits per heavy atom. The van der Waals surface area contributed by atoms with Crippen molar-refractivity contribution in [2.75, 3.05) is 6.79 Å². The summed E-state index contributed by atoms with van der Waals surface area (Å²) in [7, 11) is 0. The Kier molecular flexibility index (Phi) is 4.88. The average Bonchev–Trinajstić information content (AvgIpc) is 3.07. The summed E-state index contributed by atoms with van der Waals surface area (Å²) in [6, 6.07) is 12.1. The number of carbonyl (C=O) groups is 2. The molecule has 2 aromatic rings. The number of ether oxygens (including phenoxy) is 2. The molecule has 2 amide bonds. The van der Waals surface area contributed by atoms with E-state index in [9.17, 15) is 9.59 Å². The van der Waals surface area contributed by atoms with Gasteiger partial charge in [-0.25, -0.2) is 0 Å². The van der Waals surface area contributed by atoms with Crippen molar-refractivity contribution in [2.24, 2.45) is 0 Å². The van der Waals surface area contributed by atoms with Crippen molar-refractivity contribution in [1.82, 2.24) is 10.6 Å². The van der Waals surface area contributed by atoms with E-state index in [1.54, 1.807) is 19.1 Å². The van der Waals surface area contributed by atoms with Crippen molar-refractivity contribution in [3.05, 3.63) is 59.2 Å². The number of amides is 2. The molecule has 3 rings (SSSR count). The highest BCUT2D eigenvalue weighted by Gasteiger charge is 2.17. The lowest BCUT2D eigenvalue weighted by molar-refractivity contribution is -0.122. The molecule has 0 saturated heterocycles. The van der Waals surface area contributed by atoms with Gasteiger partial charge in [0, 0.05) is 12.1 Å². The molecular weight excluding hydrogens is 320 g/mol. The number of benzene rings is 2. The molecule has 0 bridgehead atoms. The number of nitrogens with one attached hydrogen (secondary N) is 2. The fourth-order valence-corrected chi connectivity index (χ4v) is 2.53. The SMILES string of the molecule is Cc1cccc(C(=O)N[C@@H](C)C(=O)NCc2ccc3c(c2)OCO3)c1. The first-order valence-corrected chi connectivity index (χ1v) is 8.07. The maximum atomic E-state index is 12.2. The summed E-state index contributed by atoms with van der Waals surface area (Å²) in [5, 5.41) is 5.51. The second-order valence-corrected chi connectivity index (χ2v) is 5.97. The van der Waals surface area contributed by atoms with E-state index >= 15 is 0 Å². The van der Waals surface area contributed by atoms with Gasteiger partial charge in [0.15, 0.2) is 11.5 Å². The van der Waals surface area contributed by atoms with E-state index in [2.05, 4.69) is 10.6 Å². The number of hydrogen-bond acceptors (Lipinski definition) is 4. The Morgan fingerprint density at radius 2 is 1.92 bits per heavy atom. The molecule has 0 unspecified atom stereocenters. The van der Waals surface area contributed by atoms with Crippen molar-refractivity contribution in [3.8, 4) is 11.5 Å². The molecule has 0 aromatic heterocycles. The average molecular weight is 340 g/mol. The number of hydrogen-bond donors (Lipinski definition) is 2. The molecule has 1 aliphatic rings. The van der Waals surface area contributed by atoms with Crippen LogP contribution in [0.3, 0.4) is 0 Å². The second kappa shape index (κ2) is 7.25. The molecule has 0 aliphatic carbocycles. The first-order chi connectivity index (χ1) is 12.0. The van der Waals surface area contributed by atoms with Crippen LogP contribution in [0.4, 0.5) is 0 Å². The Bertz CT molecular complexity index is 804. The molecule has 130 valence electrons. The highest BCUT2D eigenvalue weighted by atomic mass is 16.7. The zero-order valence-electron chi connectivity index (χ0n) is 14.2. The maximum absolute atomic E-state index is 12.2. The third-order valence-corrected chi connectivity index (χ3v) is 3.92. The molecule has 1 heterocycles. The standard InChI is InChI=1S/C19H20N2O4/c1-12-4-3-5-15(8-12)19(23)21-13(2)18(22)20-10-14-6-7-16-17(9-14)25-11-24-16/h3-9,13H,10-11H2,1-2H3,(H,20,22)(H,21,23)/t13-/m0/s1. The van der Waals surface area contributed by atoms with Crippen molar-refractivity contribution in [3.63, 3.8) is 0 Å². The summed E-state index contributed by atoms with van der Waals surface area (Å²) in [4.78, 5) is 24.4. The summed E-state index contributed by atoms with van der Waals surface area (Å²) in [6.45, 7) is 4.13. The van der Waals surface area contributed by atoms with E-state index in [4.69, 9.17) is 9.47 Å². The van der Waals surface area contributed by atoms with Gasteiger partial charge in [-0.05, 0) is 43.7 Å². The Labute approximate surface area is 146 Å². The van der Waals surface area contributed by atoms with Crippen LogP contribution in [-0.4, -0.2) is 24.6 Å². The zero-order valence-corrected chi connectivity index (χ0v) is 14.2. The van der Waals surface area contributed by atoms with Gasteiger partial charge in [0.25, 0.3) is 5.91 Å². The van der Waals surface area contributed by atoms with Crippen molar-refractivity contribution in [2.45, 2.75) is 26.4 Å². The third-order valence-electron chi connectivity index (χ3n) is 3.92. The van der Waals surface area contributed by atoms with Gasteiger partial charge in [0.05, 0.1) is 0 Å². The van der Waals surface area contributed by atoms with Crippen LogP contribution in [0.15, 0.2) is 42.5 Å². The zero-order chi connectivity index (χ0) is 17.8. The van der Waals surface area contributed by atoms with Gasteiger partial charge in [-0.2, -0.15) is 0 Å². The second-order valence-electron chi connectivity index (χ2n) is 5.97. The van der Waals surface area contributed by atoms with Gasteiger partial charge < -0.3 is 20.1 Å². The summed E-state index contributed by atoms with van der Waals surface area (Å²) < 4.78 is 10.6. The summed E-state index contributed by atoms with van der Waals surface area (Å²) in [5.74, 6) is 0.856. The molecule has 2 aromatic carbocycles.